The molecule has 8 heteroatoms. The van der Waals surface area contributed by atoms with E-state index in [1.807, 2.05) is 6.07 Å². The second kappa shape index (κ2) is 6.39. The van der Waals surface area contributed by atoms with Crippen LogP contribution in [0.4, 0.5) is 5.69 Å². The first-order chi connectivity index (χ1) is 10.8. The van der Waals surface area contributed by atoms with E-state index in [0.29, 0.717) is 5.56 Å². The Kier molecular flexibility index (Phi) is 4.55. The molecule has 0 radical (unpaired) electrons. The van der Waals surface area contributed by atoms with Gasteiger partial charge in [-0.3, -0.25) is 14.7 Å². The third-order valence-corrected chi connectivity index (χ3v) is 3.93. The first kappa shape index (κ1) is 16.4. The van der Waals surface area contributed by atoms with Gasteiger partial charge in [-0.1, -0.05) is 18.2 Å². The summed E-state index contributed by atoms with van der Waals surface area (Å²) in [5.41, 5.74) is 0.522. The van der Waals surface area contributed by atoms with Crippen molar-refractivity contribution in [3.63, 3.8) is 0 Å². The summed E-state index contributed by atoms with van der Waals surface area (Å²) in [5.74, 6) is 0. The fraction of sp³-hybridized carbons (Fsp3) is 0. The smallest absolute Gasteiger partial charge is 0.282 e. The van der Waals surface area contributed by atoms with Gasteiger partial charge in [0.25, 0.3) is 15.8 Å². The summed E-state index contributed by atoms with van der Waals surface area (Å²) in [5, 5.41) is 19.9. The minimum Gasteiger partial charge on any atom is -0.282 e. The highest BCUT2D eigenvalue weighted by Crippen LogP contribution is 2.24. The average Bonchev–Trinajstić information content (AvgIpc) is 2.52. The Bertz CT molecular complexity index is 925. The molecule has 2 aromatic rings. The van der Waals surface area contributed by atoms with Crippen LogP contribution in [0, 0.1) is 21.4 Å². The van der Waals surface area contributed by atoms with E-state index in [2.05, 4.69) is 0 Å². The van der Waals surface area contributed by atoms with Crippen LogP contribution in [0.2, 0.25) is 0 Å². The van der Waals surface area contributed by atoms with Crippen molar-refractivity contribution in [3.8, 4) is 6.07 Å². The van der Waals surface area contributed by atoms with Crippen LogP contribution in [0.1, 0.15) is 11.1 Å². The van der Waals surface area contributed by atoms with E-state index in [1.165, 1.54) is 48.5 Å². The van der Waals surface area contributed by atoms with E-state index >= 15 is 0 Å². The number of hydrogen-bond donors (Lipinski definition) is 1. The molecule has 0 aliphatic rings. The number of nitro benzene ring substituents is 1. The molecule has 0 amide bonds. The van der Waals surface area contributed by atoms with Crippen LogP contribution < -0.4 is 0 Å². The van der Waals surface area contributed by atoms with E-state index < -0.39 is 15.0 Å². The second-order valence-corrected chi connectivity index (χ2v) is 5.88. The maximum absolute atomic E-state index is 11.3. The Balaban J connectivity index is 2.53. The average molecular weight is 330 g/mol. The SMILES string of the molecule is N#CC(=Cc1ccccc1S(=O)(=O)O)c1ccc([N+](=O)[O-])cc1. The predicted molar refractivity (Wildman–Crippen MR) is 82.8 cm³/mol. The third kappa shape index (κ3) is 3.79. The number of non-ortho nitro benzene ring substituents is 1. The number of nitro groups is 1. The molecule has 0 atom stereocenters. The molecule has 0 saturated carbocycles. The zero-order chi connectivity index (χ0) is 17.0. The molecule has 0 bridgehead atoms. The minimum absolute atomic E-state index is 0.107. The fourth-order valence-electron chi connectivity index (χ4n) is 1.93. The molecule has 0 fully saturated rings. The molecule has 2 aromatic carbocycles. The fourth-order valence-corrected chi connectivity index (χ4v) is 2.61. The van der Waals surface area contributed by atoms with Crippen molar-refractivity contribution in [1.29, 1.82) is 5.26 Å². The summed E-state index contributed by atoms with van der Waals surface area (Å²) in [7, 11) is -4.43. The summed E-state index contributed by atoms with van der Waals surface area (Å²) in [4.78, 5) is 9.74. The van der Waals surface area contributed by atoms with Crippen molar-refractivity contribution in [2.45, 2.75) is 4.90 Å². The van der Waals surface area contributed by atoms with E-state index in [0.717, 1.165) is 0 Å². The highest BCUT2D eigenvalue weighted by molar-refractivity contribution is 7.85. The standard InChI is InChI=1S/C15H10N2O5S/c16-10-13(11-5-7-14(8-6-11)17(18)19)9-12-3-1-2-4-15(12)23(20,21)22/h1-9H,(H,20,21,22). The van der Waals surface area contributed by atoms with Gasteiger partial charge in [-0.15, -0.1) is 0 Å². The molecule has 23 heavy (non-hydrogen) atoms. The normalized spacial score (nSPS) is 11.7. The first-order valence-corrected chi connectivity index (χ1v) is 7.70. The molecule has 0 unspecified atom stereocenters. The van der Waals surface area contributed by atoms with Gasteiger partial charge in [-0.2, -0.15) is 13.7 Å². The lowest BCUT2D eigenvalue weighted by Crippen LogP contribution is -2.00. The molecule has 0 saturated heterocycles. The number of nitrogens with zero attached hydrogens (tertiary/aromatic N) is 2. The lowest BCUT2D eigenvalue weighted by atomic mass is 10.0. The lowest BCUT2D eigenvalue weighted by molar-refractivity contribution is -0.384. The van der Waals surface area contributed by atoms with Crippen LogP contribution >= 0.6 is 0 Å². The monoisotopic (exact) mass is 330 g/mol. The number of nitriles is 1. The summed E-state index contributed by atoms with van der Waals surface area (Å²) in [6.45, 7) is 0. The molecule has 7 nitrogen and oxygen atoms in total. The zero-order valence-electron chi connectivity index (χ0n) is 11.6. The highest BCUT2D eigenvalue weighted by atomic mass is 32.2. The zero-order valence-corrected chi connectivity index (χ0v) is 12.4. The third-order valence-electron chi connectivity index (χ3n) is 3.01. The van der Waals surface area contributed by atoms with E-state index in [-0.39, 0.29) is 21.7 Å². The highest BCUT2D eigenvalue weighted by Gasteiger charge is 2.14. The van der Waals surface area contributed by atoms with Gasteiger partial charge in [-0.05, 0) is 35.4 Å². The van der Waals surface area contributed by atoms with E-state index in [4.69, 9.17) is 0 Å². The molecule has 116 valence electrons. The molecule has 0 heterocycles. The van der Waals surface area contributed by atoms with Crippen molar-refractivity contribution in [2.75, 3.05) is 0 Å². The van der Waals surface area contributed by atoms with Crippen LogP contribution in [0.3, 0.4) is 0 Å². The molecule has 0 aliphatic carbocycles. The van der Waals surface area contributed by atoms with Gasteiger partial charge >= 0.3 is 0 Å². The van der Waals surface area contributed by atoms with E-state index in [9.17, 15) is 28.3 Å². The Morgan fingerprint density at radius 2 is 1.78 bits per heavy atom. The Labute approximate surface area is 132 Å². The van der Waals surface area contributed by atoms with Crippen molar-refractivity contribution >= 4 is 27.5 Å². The van der Waals surface area contributed by atoms with Crippen LogP contribution in [0.15, 0.2) is 53.4 Å². The van der Waals surface area contributed by atoms with Gasteiger partial charge in [0.05, 0.1) is 16.6 Å². The summed E-state index contributed by atoms with van der Waals surface area (Å²) in [6, 6.07) is 12.8. The maximum Gasteiger partial charge on any atom is 0.295 e. The Morgan fingerprint density at radius 3 is 2.30 bits per heavy atom. The molecular weight excluding hydrogens is 320 g/mol. The first-order valence-electron chi connectivity index (χ1n) is 6.26. The number of hydrogen-bond acceptors (Lipinski definition) is 5. The van der Waals surface area contributed by atoms with Gasteiger partial charge in [0.15, 0.2) is 0 Å². The van der Waals surface area contributed by atoms with E-state index in [1.54, 1.807) is 6.07 Å². The molecule has 0 spiro atoms. The summed E-state index contributed by atoms with van der Waals surface area (Å²) in [6.07, 6.45) is 1.30. The quantitative estimate of drug-likeness (QED) is 0.302. The van der Waals surface area contributed by atoms with Crippen LogP contribution in [-0.4, -0.2) is 17.9 Å². The lowest BCUT2D eigenvalue weighted by Gasteiger charge is -2.04. The van der Waals surface area contributed by atoms with Crippen molar-refractivity contribution in [1.82, 2.24) is 0 Å². The van der Waals surface area contributed by atoms with Gasteiger partial charge in [0.2, 0.25) is 0 Å². The van der Waals surface area contributed by atoms with Crippen molar-refractivity contribution < 1.29 is 17.9 Å². The molecular formula is C15H10N2O5S. The largest absolute Gasteiger partial charge is 0.295 e. The topological polar surface area (TPSA) is 121 Å². The van der Waals surface area contributed by atoms with Crippen LogP contribution in [-0.2, 0) is 10.1 Å². The van der Waals surface area contributed by atoms with Crippen LogP contribution in [0.25, 0.3) is 11.6 Å². The summed E-state index contributed by atoms with van der Waals surface area (Å²) >= 11 is 0. The van der Waals surface area contributed by atoms with Gasteiger partial charge < -0.3 is 0 Å². The number of benzene rings is 2. The molecule has 1 N–H and O–H groups in total. The summed E-state index contributed by atoms with van der Waals surface area (Å²) < 4.78 is 31.9. The van der Waals surface area contributed by atoms with Gasteiger partial charge in [-0.25, -0.2) is 0 Å². The molecule has 0 aliphatic heterocycles. The minimum atomic E-state index is -4.43. The maximum atomic E-state index is 11.3. The predicted octanol–water partition coefficient (Wildman–Crippen LogP) is 2.91. The van der Waals surface area contributed by atoms with Crippen molar-refractivity contribution in [3.05, 3.63) is 69.8 Å². The van der Waals surface area contributed by atoms with Crippen LogP contribution in [0.5, 0.6) is 0 Å². The molecule has 2 rings (SSSR count). The Morgan fingerprint density at radius 1 is 1.17 bits per heavy atom. The second-order valence-electron chi connectivity index (χ2n) is 4.49. The van der Waals surface area contributed by atoms with Gasteiger partial charge in [0, 0.05) is 12.1 Å². The number of allylic oxidation sites excluding steroid dienone is 1. The van der Waals surface area contributed by atoms with Gasteiger partial charge in [0.1, 0.15) is 4.90 Å². The van der Waals surface area contributed by atoms with Crippen molar-refractivity contribution in [2.24, 2.45) is 0 Å². The Hall–Kier alpha value is -3.02. The molecule has 0 aromatic heterocycles. The number of rotatable bonds is 4.